The quantitative estimate of drug-likeness (QED) is 0.672. The van der Waals surface area contributed by atoms with E-state index in [2.05, 4.69) is 12.2 Å². The van der Waals surface area contributed by atoms with E-state index in [4.69, 9.17) is 4.74 Å². The van der Waals surface area contributed by atoms with Crippen molar-refractivity contribution in [3.05, 3.63) is 0 Å². The Bertz CT molecular complexity index is 163. The van der Waals surface area contributed by atoms with Gasteiger partial charge >= 0.3 is 5.97 Å². The molecule has 0 radical (unpaired) electrons. The lowest BCUT2D eigenvalue weighted by Gasteiger charge is -2.10. The lowest BCUT2D eigenvalue weighted by Crippen LogP contribution is -2.37. The maximum absolute atomic E-state index is 11.2. The van der Waals surface area contributed by atoms with E-state index in [1.165, 1.54) is 0 Å². The summed E-state index contributed by atoms with van der Waals surface area (Å²) in [4.78, 5) is 11.2. The Kier molecular flexibility index (Phi) is 3.88. The molecule has 70 valence electrons. The van der Waals surface area contributed by atoms with Crippen molar-refractivity contribution in [1.29, 1.82) is 0 Å². The van der Waals surface area contributed by atoms with Crippen LogP contribution in [-0.4, -0.2) is 29.7 Å². The number of hydrogen-bond donors (Lipinski definition) is 1. The van der Waals surface area contributed by atoms with Crippen LogP contribution in [0.2, 0.25) is 0 Å². The van der Waals surface area contributed by atoms with Crippen molar-refractivity contribution in [2.45, 2.75) is 31.7 Å². The van der Waals surface area contributed by atoms with Crippen molar-refractivity contribution in [2.24, 2.45) is 0 Å². The van der Waals surface area contributed by atoms with E-state index in [1.807, 2.05) is 6.92 Å². The van der Waals surface area contributed by atoms with Gasteiger partial charge in [0.15, 0.2) is 0 Å². The molecule has 4 heteroatoms. The number of esters is 1. The lowest BCUT2D eigenvalue weighted by molar-refractivity contribution is -0.144. The van der Waals surface area contributed by atoms with Gasteiger partial charge < -0.3 is 4.74 Å². The molecule has 0 saturated carbocycles. The lowest BCUT2D eigenvalue weighted by atomic mass is 10.3. The standard InChI is InChI=1S/C8H15NO2S/c1-3-7-9-6(5-12-7)8(10)11-4-2/h6-7,9H,3-5H2,1-2H3/t6-,7?/m0/s1. The molecule has 0 amide bonds. The molecule has 1 saturated heterocycles. The Hall–Kier alpha value is -0.220. The number of nitrogens with one attached hydrogen (secondary N) is 1. The largest absolute Gasteiger partial charge is 0.465 e. The van der Waals surface area contributed by atoms with Crippen molar-refractivity contribution in [3.8, 4) is 0 Å². The van der Waals surface area contributed by atoms with Crippen molar-refractivity contribution < 1.29 is 9.53 Å². The molecule has 1 fully saturated rings. The molecule has 0 aliphatic carbocycles. The van der Waals surface area contributed by atoms with Gasteiger partial charge in [0.25, 0.3) is 0 Å². The van der Waals surface area contributed by atoms with E-state index >= 15 is 0 Å². The SMILES string of the molecule is CCOC(=O)[C@@H]1CSC(CC)N1. The van der Waals surface area contributed by atoms with E-state index in [9.17, 15) is 4.79 Å². The minimum absolute atomic E-state index is 0.0834. The summed E-state index contributed by atoms with van der Waals surface area (Å²) in [6, 6.07) is -0.0834. The average Bonchev–Trinajstić information content (AvgIpc) is 2.52. The zero-order valence-electron chi connectivity index (χ0n) is 7.50. The van der Waals surface area contributed by atoms with Crippen LogP contribution in [0.4, 0.5) is 0 Å². The highest BCUT2D eigenvalue weighted by Gasteiger charge is 2.29. The number of rotatable bonds is 3. The number of carbonyl (C=O) groups excluding carboxylic acids is 1. The predicted octanol–water partition coefficient (Wildman–Crippen LogP) is 0.991. The van der Waals surface area contributed by atoms with Gasteiger partial charge in [-0.25, -0.2) is 0 Å². The molecule has 1 rings (SSSR count). The van der Waals surface area contributed by atoms with Gasteiger partial charge in [-0.1, -0.05) is 6.92 Å². The summed E-state index contributed by atoms with van der Waals surface area (Å²) < 4.78 is 4.90. The van der Waals surface area contributed by atoms with Gasteiger partial charge in [-0.3, -0.25) is 10.1 Å². The minimum atomic E-state index is -0.110. The van der Waals surface area contributed by atoms with Crippen LogP contribution >= 0.6 is 11.8 Å². The number of thioether (sulfide) groups is 1. The van der Waals surface area contributed by atoms with Crippen LogP contribution in [0, 0.1) is 0 Å². The first kappa shape index (κ1) is 9.86. The zero-order valence-corrected chi connectivity index (χ0v) is 8.32. The fourth-order valence-corrected chi connectivity index (χ4v) is 2.30. The average molecular weight is 189 g/mol. The van der Waals surface area contributed by atoms with Crippen LogP contribution in [-0.2, 0) is 9.53 Å². The normalized spacial score (nSPS) is 28.8. The third-order valence-corrected chi connectivity index (χ3v) is 3.19. The predicted molar refractivity (Wildman–Crippen MR) is 50.1 cm³/mol. The molecule has 1 unspecified atom stereocenters. The summed E-state index contributed by atoms with van der Waals surface area (Å²) in [5, 5.41) is 3.64. The Morgan fingerprint density at radius 3 is 2.92 bits per heavy atom. The minimum Gasteiger partial charge on any atom is -0.465 e. The first-order valence-electron chi connectivity index (χ1n) is 4.32. The monoisotopic (exact) mass is 189 g/mol. The van der Waals surface area contributed by atoms with Crippen molar-refractivity contribution in [2.75, 3.05) is 12.4 Å². The van der Waals surface area contributed by atoms with E-state index in [0.717, 1.165) is 12.2 Å². The third-order valence-electron chi connectivity index (χ3n) is 1.79. The molecule has 1 aliphatic heterocycles. The van der Waals surface area contributed by atoms with Crippen molar-refractivity contribution in [3.63, 3.8) is 0 Å². The van der Waals surface area contributed by atoms with Crippen LogP contribution in [0.3, 0.4) is 0 Å². The molecule has 0 bridgehead atoms. The number of hydrogen-bond acceptors (Lipinski definition) is 4. The maximum atomic E-state index is 11.2. The van der Waals surface area contributed by atoms with Gasteiger partial charge in [-0.15, -0.1) is 11.8 Å². The van der Waals surface area contributed by atoms with Crippen molar-refractivity contribution in [1.82, 2.24) is 5.32 Å². The summed E-state index contributed by atoms with van der Waals surface area (Å²) in [5.74, 6) is 0.734. The molecule has 0 aromatic carbocycles. The van der Waals surface area contributed by atoms with Crippen molar-refractivity contribution >= 4 is 17.7 Å². The Morgan fingerprint density at radius 1 is 1.67 bits per heavy atom. The maximum Gasteiger partial charge on any atom is 0.324 e. The van der Waals surface area contributed by atoms with Gasteiger partial charge in [0.1, 0.15) is 6.04 Å². The fourth-order valence-electron chi connectivity index (χ4n) is 1.15. The second kappa shape index (κ2) is 4.72. The molecule has 3 nitrogen and oxygen atoms in total. The van der Waals surface area contributed by atoms with Gasteiger partial charge in [-0.05, 0) is 13.3 Å². The van der Waals surface area contributed by atoms with E-state index in [1.54, 1.807) is 11.8 Å². The molecule has 0 spiro atoms. The molecule has 0 aromatic rings. The van der Waals surface area contributed by atoms with Gasteiger partial charge in [-0.2, -0.15) is 0 Å². The second-order valence-corrected chi connectivity index (χ2v) is 3.94. The molecule has 2 atom stereocenters. The second-order valence-electron chi connectivity index (χ2n) is 2.70. The molecule has 0 aromatic heterocycles. The Morgan fingerprint density at radius 2 is 2.42 bits per heavy atom. The first-order valence-corrected chi connectivity index (χ1v) is 5.37. The highest BCUT2D eigenvalue weighted by atomic mass is 32.2. The summed E-state index contributed by atoms with van der Waals surface area (Å²) in [6.07, 6.45) is 1.06. The van der Waals surface area contributed by atoms with E-state index < -0.39 is 0 Å². The fraction of sp³-hybridized carbons (Fsp3) is 0.875. The number of ether oxygens (including phenoxy) is 1. The highest BCUT2D eigenvalue weighted by Crippen LogP contribution is 2.21. The zero-order chi connectivity index (χ0) is 8.97. The van der Waals surface area contributed by atoms with Crippen LogP contribution in [0.1, 0.15) is 20.3 Å². The topological polar surface area (TPSA) is 38.3 Å². The Balaban J connectivity index is 2.31. The van der Waals surface area contributed by atoms with Gasteiger partial charge in [0.2, 0.25) is 0 Å². The molecule has 1 aliphatic rings. The van der Waals surface area contributed by atoms with E-state index in [0.29, 0.717) is 12.0 Å². The van der Waals surface area contributed by atoms with Crippen LogP contribution < -0.4 is 5.32 Å². The molecule has 1 heterocycles. The summed E-state index contributed by atoms with van der Waals surface area (Å²) in [7, 11) is 0. The van der Waals surface area contributed by atoms with E-state index in [-0.39, 0.29) is 12.0 Å². The smallest absolute Gasteiger partial charge is 0.324 e. The third kappa shape index (κ3) is 2.38. The molecule has 1 N–H and O–H groups in total. The van der Waals surface area contributed by atoms with Crippen LogP contribution in [0.25, 0.3) is 0 Å². The van der Waals surface area contributed by atoms with Crippen LogP contribution in [0.5, 0.6) is 0 Å². The van der Waals surface area contributed by atoms with Crippen LogP contribution in [0.15, 0.2) is 0 Å². The molecular weight excluding hydrogens is 174 g/mol. The highest BCUT2D eigenvalue weighted by molar-refractivity contribution is 8.00. The van der Waals surface area contributed by atoms with Gasteiger partial charge in [0.05, 0.1) is 12.0 Å². The first-order chi connectivity index (χ1) is 5.77. The molecule has 12 heavy (non-hydrogen) atoms. The summed E-state index contributed by atoms with van der Waals surface area (Å²) in [5.41, 5.74) is 0. The summed E-state index contributed by atoms with van der Waals surface area (Å²) >= 11 is 1.79. The van der Waals surface area contributed by atoms with Gasteiger partial charge in [0, 0.05) is 5.75 Å². The summed E-state index contributed by atoms with van der Waals surface area (Å²) in [6.45, 7) is 4.41. The molecular formula is C8H15NO2S. The Labute approximate surface area is 77.2 Å². The number of carbonyl (C=O) groups is 1.